The molecule has 0 bridgehead atoms. The predicted molar refractivity (Wildman–Crippen MR) is 128 cm³/mol. The van der Waals surface area contributed by atoms with Crippen molar-refractivity contribution in [3.63, 3.8) is 0 Å². The van der Waals surface area contributed by atoms with Crippen molar-refractivity contribution in [3.05, 3.63) is 52.5 Å². The minimum atomic E-state index is -0.832. The van der Waals surface area contributed by atoms with Gasteiger partial charge in [-0.25, -0.2) is 4.98 Å². The Morgan fingerprint density at radius 1 is 1.27 bits per heavy atom. The number of nitrogens with zero attached hydrogens (tertiary/aromatic N) is 2. The summed E-state index contributed by atoms with van der Waals surface area (Å²) in [5.41, 5.74) is 5.77. The highest BCUT2D eigenvalue weighted by Crippen LogP contribution is 2.34. The minimum absolute atomic E-state index is 0.257. The predicted octanol–water partition coefficient (Wildman–Crippen LogP) is 3.81. The lowest BCUT2D eigenvalue weighted by atomic mass is 9.79. The number of carbonyl (C=O) groups is 1. The third-order valence-electron chi connectivity index (χ3n) is 7.02. The van der Waals surface area contributed by atoms with Gasteiger partial charge in [-0.2, -0.15) is 0 Å². The van der Waals surface area contributed by atoms with Gasteiger partial charge in [-0.15, -0.1) is 0 Å². The normalized spacial score (nSPS) is 20.4. The topological polar surface area (TPSA) is 96.4 Å². The van der Waals surface area contributed by atoms with Crippen LogP contribution < -0.4 is 10.6 Å². The quantitative estimate of drug-likeness (QED) is 0.477. The SMILES string of the molecule is Cc1cncc(C)c1CN[C@@H](CCOC1CC(CCc2ccc3c(n2)NCCC3)C1)C(=O)O. The number of aliphatic carboxylic acids is 1. The monoisotopic (exact) mass is 452 g/mol. The molecule has 7 heteroatoms. The van der Waals surface area contributed by atoms with Gasteiger partial charge in [0.15, 0.2) is 0 Å². The molecule has 178 valence electrons. The van der Waals surface area contributed by atoms with E-state index in [9.17, 15) is 9.90 Å². The van der Waals surface area contributed by atoms with Gasteiger partial charge in [0.2, 0.25) is 0 Å². The number of hydrogen-bond acceptors (Lipinski definition) is 6. The molecule has 1 saturated carbocycles. The number of pyridine rings is 2. The molecule has 1 fully saturated rings. The van der Waals surface area contributed by atoms with Crippen LogP contribution in [0.25, 0.3) is 0 Å². The number of fused-ring (bicyclic) bond motifs is 1. The molecule has 4 rings (SSSR count). The van der Waals surface area contributed by atoms with Gasteiger partial charge < -0.3 is 20.5 Å². The molecule has 1 atom stereocenters. The molecule has 2 aromatic heterocycles. The van der Waals surface area contributed by atoms with Crippen LogP contribution in [-0.2, 0) is 28.9 Å². The fraction of sp³-hybridized carbons (Fsp3) is 0.577. The molecule has 0 radical (unpaired) electrons. The number of hydrogen-bond donors (Lipinski definition) is 3. The van der Waals surface area contributed by atoms with Gasteiger partial charge >= 0.3 is 5.97 Å². The average molecular weight is 453 g/mol. The number of ether oxygens (including phenoxy) is 1. The number of aromatic nitrogens is 2. The summed E-state index contributed by atoms with van der Waals surface area (Å²) in [6.07, 6.45) is 10.9. The molecule has 33 heavy (non-hydrogen) atoms. The highest BCUT2D eigenvalue weighted by Gasteiger charge is 2.30. The number of aryl methyl sites for hydroxylation is 4. The van der Waals surface area contributed by atoms with E-state index in [0.29, 0.717) is 25.5 Å². The van der Waals surface area contributed by atoms with E-state index in [1.165, 1.54) is 17.7 Å². The molecule has 0 spiro atoms. The van der Waals surface area contributed by atoms with Crippen LogP contribution in [0.3, 0.4) is 0 Å². The first-order valence-corrected chi connectivity index (χ1v) is 12.2. The molecule has 0 unspecified atom stereocenters. The van der Waals surface area contributed by atoms with Gasteiger partial charge in [0.05, 0.1) is 6.10 Å². The molecule has 1 aliphatic heterocycles. The van der Waals surface area contributed by atoms with E-state index in [1.807, 2.05) is 26.2 Å². The zero-order valence-electron chi connectivity index (χ0n) is 19.8. The van der Waals surface area contributed by atoms with Crippen molar-refractivity contribution in [2.24, 2.45) is 5.92 Å². The van der Waals surface area contributed by atoms with Gasteiger partial charge in [0.1, 0.15) is 11.9 Å². The minimum Gasteiger partial charge on any atom is -0.480 e. The Morgan fingerprint density at radius 3 is 2.82 bits per heavy atom. The summed E-state index contributed by atoms with van der Waals surface area (Å²) < 4.78 is 5.98. The summed E-state index contributed by atoms with van der Waals surface area (Å²) in [6.45, 7) is 6.01. The standard InChI is InChI=1S/C26H36N4O3/c1-17-14-27-15-18(2)23(17)16-29-24(26(31)32)9-11-33-22-12-19(13-22)5-7-21-8-6-20-4-3-10-28-25(20)30-21/h6,8,14-15,19,22,24,29H,3-5,7,9-13,16H2,1-2H3,(H,28,30)(H,31,32)/t19?,22?,24-/m0/s1. The van der Waals surface area contributed by atoms with Crippen LogP contribution in [-0.4, -0.2) is 46.3 Å². The van der Waals surface area contributed by atoms with Crippen molar-refractivity contribution in [2.75, 3.05) is 18.5 Å². The maximum Gasteiger partial charge on any atom is 0.320 e. The van der Waals surface area contributed by atoms with Crippen molar-refractivity contribution < 1.29 is 14.6 Å². The number of anilines is 1. The number of carboxylic acid groups (broad SMARTS) is 1. The lowest BCUT2D eigenvalue weighted by Crippen LogP contribution is -2.39. The van der Waals surface area contributed by atoms with E-state index in [4.69, 9.17) is 9.72 Å². The van der Waals surface area contributed by atoms with Crippen LogP contribution in [0, 0.1) is 19.8 Å². The maximum atomic E-state index is 11.7. The Balaban J connectivity index is 1.14. The summed E-state index contributed by atoms with van der Waals surface area (Å²) in [6, 6.07) is 3.78. The summed E-state index contributed by atoms with van der Waals surface area (Å²) >= 11 is 0. The van der Waals surface area contributed by atoms with Gasteiger partial charge in [-0.1, -0.05) is 6.07 Å². The maximum absolute atomic E-state index is 11.7. The third-order valence-corrected chi connectivity index (χ3v) is 7.02. The second-order valence-corrected chi connectivity index (χ2v) is 9.52. The fourth-order valence-electron chi connectivity index (χ4n) is 4.80. The first kappa shape index (κ1) is 23.6. The number of carboxylic acids is 1. The Labute approximate surface area is 196 Å². The summed E-state index contributed by atoms with van der Waals surface area (Å²) in [5, 5.41) is 16.2. The van der Waals surface area contributed by atoms with E-state index in [0.717, 1.165) is 61.2 Å². The molecule has 0 saturated heterocycles. The van der Waals surface area contributed by atoms with Crippen molar-refractivity contribution in [3.8, 4) is 0 Å². The van der Waals surface area contributed by atoms with Crippen molar-refractivity contribution >= 4 is 11.8 Å². The highest BCUT2D eigenvalue weighted by atomic mass is 16.5. The van der Waals surface area contributed by atoms with Crippen LogP contribution in [0.5, 0.6) is 0 Å². The van der Waals surface area contributed by atoms with E-state index in [1.54, 1.807) is 0 Å². The van der Waals surface area contributed by atoms with Crippen LogP contribution in [0.1, 0.15) is 60.1 Å². The van der Waals surface area contributed by atoms with E-state index in [-0.39, 0.29) is 6.10 Å². The summed E-state index contributed by atoms with van der Waals surface area (Å²) in [4.78, 5) is 20.6. The second kappa shape index (κ2) is 11.1. The zero-order chi connectivity index (χ0) is 23.2. The van der Waals surface area contributed by atoms with Crippen LogP contribution in [0.2, 0.25) is 0 Å². The van der Waals surface area contributed by atoms with Crippen LogP contribution >= 0.6 is 0 Å². The Hall–Kier alpha value is -2.51. The molecular formula is C26H36N4O3. The molecule has 0 aromatic carbocycles. The second-order valence-electron chi connectivity index (χ2n) is 9.52. The molecule has 1 aliphatic carbocycles. The molecule has 7 nitrogen and oxygen atoms in total. The van der Waals surface area contributed by atoms with Crippen LogP contribution in [0.4, 0.5) is 5.82 Å². The summed E-state index contributed by atoms with van der Waals surface area (Å²) in [7, 11) is 0. The largest absolute Gasteiger partial charge is 0.480 e. The summed E-state index contributed by atoms with van der Waals surface area (Å²) in [5.74, 6) is 0.915. The number of rotatable bonds is 11. The van der Waals surface area contributed by atoms with Gasteiger partial charge in [-0.05, 0) is 93.0 Å². The van der Waals surface area contributed by atoms with Crippen molar-refractivity contribution in [1.29, 1.82) is 0 Å². The Bertz CT molecular complexity index is 938. The lowest BCUT2D eigenvalue weighted by molar-refractivity contribution is -0.140. The third kappa shape index (κ3) is 6.30. The molecule has 0 amide bonds. The van der Waals surface area contributed by atoms with E-state index in [2.05, 4.69) is 27.8 Å². The molecule has 3 N–H and O–H groups in total. The van der Waals surface area contributed by atoms with Gasteiger partial charge in [-0.3, -0.25) is 9.78 Å². The molecule has 2 aliphatic rings. The fourth-order valence-corrected chi connectivity index (χ4v) is 4.80. The first-order valence-electron chi connectivity index (χ1n) is 12.2. The molecule has 2 aromatic rings. The molecule has 3 heterocycles. The molecular weight excluding hydrogens is 416 g/mol. The Kier molecular flexibility index (Phi) is 7.93. The van der Waals surface area contributed by atoms with Crippen molar-refractivity contribution in [1.82, 2.24) is 15.3 Å². The smallest absolute Gasteiger partial charge is 0.320 e. The van der Waals surface area contributed by atoms with E-state index < -0.39 is 12.0 Å². The highest BCUT2D eigenvalue weighted by molar-refractivity contribution is 5.73. The van der Waals surface area contributed by atoms with Crippen LogP contribution in [0.15, 0.2) is 24.5 Å². The van der Waals surface area contributed by atoms with Crippen molar-refractivity contribution in [2.45, 2.75) is 77.5 Å². The first-order chi connectivity index (χ1) is 16.0. The van der Waals surface area contributed by atoms with Gasteiger partial charge in [0.25, 0.3) is 0 Å². The van der Waals surface area contributed by atoms with Gasteiger partial charge in [0, 0.05) is 37.8 Å². The number of nitrogens with one attached hydrogen (secondary N) is 2. The Morgan fingerprint density at radius 2 is 2.06 bits per heavy atom. The van der Waals surface area contributed by atoms with E-state index >= 15 is 0 Å². The lowest BCUT2D eigenvalue weighted by Gasteiger charge is -2.35. The average Bonchev–Trinajstić information content (AvgIpc) is 2.77. The zero-order valence-corrected chi connectivity index (χ0v) is 19.8.